The predicted molar refractivity (Wildman–Crippen MR) is 107 cm³/mol. The van der Waals surface area contributed by atoms with Gasteiger partial charge in [-0.05, 0) is 77.0 Å². The van der Waals surface area contributed by atoms with Gasteiger partial charge in [0.25, 0.3) is 0 Å². The molecule has 6 heteroatoms. The van der Waals surface area contributed by atoms with Gasteiger partial charge in [-0.3, -0.25) is 9.59 Å². The van der Waals surface area contributed by atoms with E-state index in [0.29, 0.717) is 12.0 Å². The minimum atomic E-state index is -0.291. The molecule has 0 aromatic rings. The van der Waals surface area contributed by atoms with Gasteiger partial charge in [0.15, 0.2) is 0 Å². The van der Waals surface area contributed by atoms with Crippen LogP contribution in [0, 0.1) is 11.8 Å². The van der Waals surface area contributed by atoms with Crippen LogP contribution < -0.4 is 0 Å². The first-order valence-corrected chi connectivity index (χ1v) is 11.1. The molecule has 3 rings (SSSR count). The van der Waals surface area contributed by atoms with Gasteiger partial charge in [-0.2, -0.15) is 0 Å². The fourth-order valence-corrected chi connectivity index (χ4v) is 5.36. The number of ether oxygens (including phenoxy) is 1. The quantitative estimate of drug-likeness (QED) is 0.666. The molecule has 1 atom stereocenters. The van der Waals surface area contributed by atoms with E-state index in [1.807, 2.05) is 18.7 Å². The molecule has 2 amide bonds. The highest BCUT2D eigenvalue weighted by Gasteiger charge is 2.45. The van der Waals surface area contributed by atoms with E-state index in [4.69, 9.17) is 16.3 Å². The third-order valence-corrected chi connectivity index (χ3v) is 7.29. The molecular weight excluding hydrogens is 364 g/mol. The molecule has 1 heterocycles. The van der Waals surface area contributed by atoms with Crippen molar-refractivity contribution in [2.24, 2.45) is 11.8 Å². The van der Waals surface area contributed by atoms with Crippen LogP contribution in [-0.2, 0) is 14.3 Å². The lowest BCUT2D eigenvalue weighted by Gasteiger charge is -2.47. The summed E-state index contributed by atoms with van der Waals surface area (Å²) in [6.07, 6.45) is 8.32. The first-order valence-electron chi connectivity index (χ1n) is 10.7. The summed E-state index contributed by atoms with van der Waals surface area (Å²) in [4.78, 5) is 30.1. The molecule has 0 bridgehead atoms. The average Bonchev–Trinajstić information content (AvgIpc) is 2.66. The summed E-state index contributed by atoms with van der Waals surface area (Å²) >= 11 is 6.26. The number of carbonyl (C=O) groups is 2. The topological polar surface area (TPSA) is 49.9 Å². The maximum Gasteiger partial charge on any atom is 0.246 e. The molecule has 0 radical (unpaired) electrons. The highest BCUT2D eigenvalue weighted by atomic mass is 35.5. The monoisotopic (exact) mass is 398 g/mol. The molecule has 0 aromatic heterocycles. The number of hydrogen-bond acceptors (Lipinski definition) is 3. The maximum atomic E-state index is 13.3. The second kappa shape index (κ2) is 9.13. The number of alkyl halides is 1. The number of hydrogen-bond donors (Lipinski definition) is 0. The van der Waals surface area contributed by atoms with Crippen LogP contribution in [0.15, 0.2) is 0 Å². The Morgan fingerprint density at radius 1 is 1.04 bits per heavy atom. The van der Waals surface area contributed by atoms with Crippen molar-refractivity contribution in [3.8, 4) is 0 Å². The minimum absolute atomic E-state index is 0.0631. The van der Waals surface area contributed by atoms with Gasteiger partial charge in [0.05, 0.1) is 6.10 Å². The summed E-state index contributed by atoms with van der Waals surface area (Å²) in [5.74, 6) is 0.991. The van der Waals surface area contributed by atoms with Crippen LogP contribution in [0.25, 0.3) is 0 Å². The first-order chi connectivity index (χ1) is 12.9. The normalized spacial score (nSPS) is 35.8. The van der Waals surface area contributed by atoms with Gasteiger partial charge in [-0.25, -0.2) is 0 Å². The van der Waals surface area contributed by atoms with Crippen LogP contribution in [0.3, 0.4) is 0 Å². The molecule has 3 aliphatic rings. The molecule has 0 N–H and O–H groups in total. The zero-order valence-corrected chi connectivity index (χ0v) is 17.8. The Hall–Kier alpha value is -0.810. The van der Waals surface area contributed by atoms with Gasteiger partial charge >= 0.3 is 0 Å². The van der Waals surface area contributed by atoms with Crippen molar-refractivity contribution in [2.75, 3.05) is 20.2 Å². The van der Waals surface area contributed by atoms with Crippen molar-refractivity contribution in [3.05, 3.63) is 0 Å². The van der Waals surface area contributed by atoms with E-state index in [1.165, 1.54) is 0 Å². The van der Waals surface area contributed by atoms with Crippen molar-refractivity contribution < 1.29 is 14.3 Å². The minimum Gasteiger partial charge on any atom is -0.381 e. The summed E-state index contributed by atoms with van der Waals surface area (Å²) in [5, 5.41) is 0.275. The van der Waals surface area contributed by atoms with Gasteiger partial charge in [0, 0.05) is 25.1 Å². The van der Waals surface area contributed by atoms with Crippen molar-refractivity contribution in [2.45, 2.75) is 88.8 Å². The van der Waals surface area contributed by atoms with E-state index in [-0.39, 0.29) is 41.7 Å². The fourth-order valence-electron chi connectivity index (χ4n) is 5.10. The van der Waals surface area contributed by atoms with Gasteiger partial charge in [-0.1, -0.05) is 0 Å². The smallest absolute Gasteiger partial charge is 0.246 e. The van der Waals surface area contributed by atoms with E-state index in [2.05, 4.69) is 0 Å². The SMILES string of the molecule is COC1CCC(C2C(=O)N(C(C)C)CC(=O)N2CC2CCC(Cl)CC2)CC1. The van der Waals surface area contributed by atoms with Crippen molar-refractivity contribution in [1.29, 1.82) is 0 Å². The Kier molecular flexibility index (Phi) is 7.07. The lowest BCUT2D eigenvalue weighted by molar-refractivity contribution is -0.162. The molecule has 2 saturated carbocycles. The van der Waals surface area contributed by atoms with Crippen LogP contribution >= 0.6 is 11.6 Å². The molecular formula is C21H35ClN2O3. The van der Waals surface area contributed by atoms with Crippen LogP contribution in [-0.4, -0.2) is 65.4 Å². The molecule has 5 nitrogen and oxygen atoms in total. The molecule has 2 aliphatic carbocycles. The summed E-state index contributed by atoms with van der Waals surface area (Å²) in [6.45, 7) is 4.95. The highest BCUT2D eigenvalue weighted by molar-refractivity contribution is 6.20. The largest absolute Gasteiger partial charge is 0.381 e. The van der Waals surface area contributed by atoms with Crippen molar-refractivity contribution in [3.63, 3.8) is 0 Å². The summed E-state index contributed by atoms with van der Waals surface area (Å²) in [6, 6.07) is -0.228. The van der Waals surface area contributed by atoms with Crippen molar-refractivity contribution in [1.82, 2.24) is 9.80 Å². The maximum absolute atomic E-state index is 13.3. The Morgan fingerprint density at radius 3 is 2.22 bits per heavy atom. The van der Waals surface area contributed by atoms with Crippen LogP contribution in [0.4, 0.5) is 0 Å². The summed E-state index contributed by atoms with van der Waals surface area (Å²) in [7, 11) is 1.76. The molecule has 1 unspecified atom stereocenters. The lowest BCUT2D eigenvalue weighted by atomic mass is 9.79. The number of rotatable bonds is 5. The van der Waals surface area contributed by atoms with Gasteiger partial charge in [-0.15, -0.1) is 11.6 Å². The van der Waals surface area contributed by atoms with Crippen LogP contribution in [0.1, 0.15) is 65.2 Å². The summed E-state index contributed by atoms with van der Waals surface area (Å²) < 4.78 is 5.50. The second-order valence-corrected chi connectivity index (χ2v) is 9.56. The Balaban J connectivity index is 1.75. The molecule has 3 fully saturated rings. The van der Waals surface area contributed by atoms with Crippen molar-refractivity contribution >= 4 is 23.4 Å². The van der Waals surface area contributed by atoms with E-state index in [9.17, 15) is 9.59 Å². The molecule has 1 aliphatic heterocycles. The standard InChI is InChI=1S/C21H35ClN2O3/c1-14(2)23-13-19(25)24(12-15-4-8-17(22)9-5-15)20(21(23)26)16-6-10-18(27-3)11-7-16/h14-18,20H,4-13H2,1-3H3. The second-order valence-electron chi connectivity index (χ2n) is 8.94. The third-order valence-electron chi connectivity index (χ3n) is 6.85. The molecule has 0 aromatic carbocycles. The number of amides is 2. The number of halogens is 1. The molecule has 1 saturated heterocycles. The van der Waals surface area contributed by atoms with E-state index < -0.39 is 0 Å². The first kappa shape index (κ1) is 20.9. The van der Waals surface area contributed by atoms with Gasteiger partial charge < -0.3 is 14.5 Å². The third kappa shape index (κ3) is 4.79. The Morgan fingerprint density at radius 2 is 1.67 bits per heavy atom. The Bertz CT molecular complexity index is 526. The zero-order valence-electron chi connectivity index (χ0n) is 17.0. The van der Waals surface area contributed by atoms with Crippen LogP contribution in [0.5, 0.6) is 0 Å². The Labute approximate surface area is 168 Å². The van der Waals surface area contributed by atoms with Gasteiger partial charge in [0.1, 0.15) is 12.6 Å². The number of carbonyl (C=O) groups excluding carboxylic acids is 2. The molecule has 27 heavy (non-hydrogen) atoms. The van der Waals surface area contributed by atoms with Crippen LogP contribution in [0.2, 0.25) is 0 Å². The zero-order chi connectivity index (χ0) is 19.6. The van der Waals surface area contributed by atoms with E-state index in [0.717, 1.165) is 57.9 Å². The lowest BCUT2D eigenvalue weighted by Crippen LogP contribution is -2.64. The molecule has 154 valence electrons. The predicted octanol–water partition coefficient (Wildman–Crippen LogP) is 3.44. The molecule has 0 spiro atoms. The number of nitrogens with zero attached hydrogens (tertiary/aromatic N) is 2. The highest BCUT2D eigenvalue weighted by Crippen LogP contribution is 2.35. The van der Waals surface area contributed by atoms with Gasteiger partial charge in [0.2, 0.25) is 11.8 Å². The number of piperazine rings is 1. The van der Waals surface area contributed by atoms with E-state index >= 15 is 0 Å². The van der Waals surface area contributed by atoms with E-state index in [1.54, 1.807) is 12.0 Å². The fraction of sp³-hybridized carbons (Fsp3) is 0.905. The average molecular weight is 399 g/mol. The summed E-state index contributed by atoms with van der Waals surface area (Å²) in [5.41, 5.74) is 0. The number of methoxy groups -OCH3 is 1.